The van der Waals surface area contributed by atoms with E-state index in [0.717, 1.165) is 35.2 Å². The normalized spacial score (nSPS) is 15.1. The maximum atomic E-state index is 13.1. The molecular formula is C31H38N2O5. The molecule has 2 aromatic carbocycles. The van der Waals surface area contributed by atoms with Crippen LogP contribution in [0.3, 0.4) is 0 Å². The number of carbonyl (C=O) groups excluding carboxylic acids is 1. The third-order valence-electron chi connectivity index (χ3n) is 6.74. The van der Waals surface area contributed by atoms with Crippen LogP contribution in [-0.2, 0) is 11.1 Å². The van der Waals surface area contributed by atoms with Gasteiger partial charge >= 0.3 is 0 Å². The predicted octanol–water partition coefficient (Wildman–Crippen LogP) is 5.03. The Bertz CT molecular complexity index is 1270. The van der Waals surface area contributed by atoms with Gasteiger partial charge in [-0.15, -0.1) is 0 Å². The van der Waals surface area contributed by atoms with Gasteiger partial charge in [-0.2, -0.15) is 0 Å². The number of nitrogens with two attached hydrogens (primary N) is 1. The fourth-order valence-corrected chi connectivity index (χ4v) is 4.09. The van der Waals surface area contributed by atoms with Crippen molar-refractivity contribution >= 4 is 5.78 Å². The largest absolute Gasteiger partial charge is 0.487 e. The van der Waals surface area contributed by atoms with Crippen LogP contribution in [0.5, 0.6) is 11.5 Å². The smallest absolute Gasteiger partial charge is 0.163 e. The fourth-order valence-electron chi connectivity index (χ4n) is 4.09. The minimum atomic E-state index is -1.36. The number of hydrogen-bond acceptors (Lipinski definition) is 7. The summed E-state index contributed by atoms with van der Waals surface area (Å²) in [6.07, 6.45) is 2.45. The number of aromatic nitrogens is 1. The summed E-state index contributed by atoms with van der Waals surface area (Å²) in [5.74, 6) is 0.871. The third-order valence-corrected chi connectivity index (χ3v) is 6.74. The molecule has 4 N–H and O–H groups in total. The van der Waals surface area contributed by atoms with Gasteiger partial charge in [0.15, 0.2) is 17.3 Å². The number of ether oxygens (including phenoxy) is 2. The van der Waals surface area contributed by atoms with Crippen LogP contribution in [0, 0.1) is 6.92 Å². The molecule has 0 aliphatic heterocycles. The van der Waals surface area contributed by atoms with Gasteiger partial charge in [-0.3, -0.25) is 4.79 Å². The molecule has 7 heteroatoms. The Kier molecular flexibility index (Phi) is 8.21. The van der Waals surface area contributed by atoms with Gasteiger partial charge in [0.2, 0.25) is 0 Å². The summed E-state index contributed by atoms with van der Waals surface area (Å²) in [4.78, 5) is 17.9. The van der Waals surface area contributed by atoms with Crippen LogP contribution in [0.25, 0.3) is 11.3 Å². The van der Waals surface area contributed by atoms with E-state index in [0.29, 0.717) is 22.8 Å². The van der Waals surface area contributed by atoms with Gasteiger partial charge in [0.25, 0.3) is 0 Å². The summed E-state index contributed by atoms with van der Waals surface area (Å²) in [5.41, 5.74) is 9.01. The zero-order chi connectivity index (χ0) is 27.5. The first-order valence-corrected chi connectivity index (χ1v) is 13.2. The molecule has 1 fully saturated rings. The lowest BCUT2D eigenvalue weighted by Crippen LogP contribution is -2.31. The Morgan fingerprint density at radius 3 is 2.39 bits per heavy atom. The van der Waals surface area contributed by atoms with Gasteiger partial charge in [0.05, 0.1) is 24.1 Å². The third kappa shape index (κ3) is 6.98. The number of pyridine rings is 1. The summed E-state index contributed by atoms with van der Waals surface area (Å²) in [6.45, 7) is 7.50. The van der Waals surface area contributed by atoms with Crippen molar-refractivity contribution in [1.29, 1.82) is 0 Å². The lowest BCUT2D eigenvalue weighted by Gasteiger charge is -2.27. The summed E-state index contributed by atoms with van der Waals surface area (Å²) in [6, 6.07) is 16.9. The summed E-state index contributed by atoms with van der Waals surface area (Å²) in [5, 5.41) is 20.7. The molecular weight excluding hydrogens is 480 g/mol. The van der Waals surface area contributed by atoms with Gasteiger partial charge in [-0.05, 0) is 82.9 Å². The predicted molar refractivity (Wildman–Crippen MR) is 147 cm³/mol. The number of carbonyl (C=O) groups is 1. The zero-order valence-corrected chi connectivity index (χ0v) is 22.7. The molecule has 1 aliphatic carbocycles. The lowest BCUT2D eigenvalue weighted by atomic mass is 9.88. The molecule has 0 bridgehead atoms. The number of hydrogen-bond donors (Lipinski definition) is 3. The number of rotatable bonds is 12. The molecule has 202 valence electrons. The van der Waals surface area contributed by atoms with Gasteiger partial charge in [-0.25, -0.2) is 4.98 Å². The number of aliphatic hydroxyl groups is 2. The van der Waals surface area contributed by atoms with E-state index in [1.807, 2.05) is 57.2 Å². The highest BCUT2D eigenvalue weighted by Gasteiger charge is 2.30. The summed E-state index contributed by atoms with van der Waals surface area (Å²) >= 11 is 0. The van der Waals surface area contributed by atoms with Crippen molar-refractivity contribution in [2.24, 2.45) is 5.73 Å². The van der Waals surface area contributed by atoms with Crippen molar-refractivity contribution in [3.63, 3.8) is 0 Å². The molecule has 0 spiro atoms. The van der Waals surface area contributed by atoms with Crippen molar-refractivity contribution in [2.75, 3.05) is 13.2 Å². The number of Topliss-reactive ketones (excluding diaryl/α,β-unsaturated/α-hetero) is 1. The number of nitrogens with zero attached hydrogens (tertiary/aromatic N) is 1. The maximum absolute atomic E-state index is 13.1. The Morgan fingerprint density at radius 1 is 1.05 bits per heavy atom. The SMILES string of the molecule is Cc1ccc(-c2cc(C(C)(C)N)cc(C(C)(O)CCC(=O)c3ccc(OC4CC4)c(OCCO)c3)n2)cc1. The molecule has 38 heavy (non-hydrogen) atoms. The Labute approximate surface area is 224 Å². The van der Waals surface area contributed by atoms with Crippen molar-refractivity contribution in [3.8, 4) is 22.8 Å². The van der Waals surface area contributed by atoms with Crippen molar-refractivity contribution in [1.82, 2.24) is 4.98 Å². The van der Waals surface area contributed by atoms with Crippen LogP contribution in [-0.4, -0.2) is 40.3 Å². The van der Waals surface area contributed by atoms with Crippen LogP contribution in [0.2, 0.25) is 0 Å². The first-order chi connectivity index (χ1) is 18.0. The minimum Gasteiger partial charge on any atom is -0.487 e. The number of aryl methyl sites for hydroxylation is 1. The molecule has 0 saturated heterocycles. The quantitative estimate of drug-likeness (QED) is 0.288. The van der Waals surface area contributed by atoms with Gasteiger partial charge in [0.1, 0.15) is 12.2 Å². The van der Waals surface area contributed by atoms with Crippen LogP contribution < -0.4 is 15.2 Å². The minimum absolute atomic E-state index is 0.104. The van der Waals surface area contributed by atoms with Crippen LogP contribution >= 0.6 is 0 Å². The molecule has 7 nitrogen and oxygen atoms in total. The van der Waals surface area contributed by atoms with Gasteiger partial charge < -0.3 is 25.4 Å². The summed E-state index contributed by atoms with van der Waals surface area (Å²) < 4.78 is 11.5. The molecule has 0 radical (unpaired) electrons. The Hall–Kier alpha value is -3.26. The Morgan fingerprint density at radius 2 is 1.76 bits per heavy atom. The average molecular weight is 519 g/mol. The van der Waals surface area contributed by atoms with E-state index in [4.69, 9.17) is 20.2 Å². The van der Waals surface area contributed by atoms with Crippen LogP contribution in [0.1, 0.15) is 73.6 Å². The van der Waals surface area contributed by atoms with Gasteiger partial charge in [-0.1, -0.05) is 29.8 Å². The van der Waals surface area contributed by atoms with Gasteiger partial charge in [0, 0.05) is 23.1 Å². The second-order valence-corrected chi connectivity index (χ2v) is 11.0. The first kappa shape index (κ1) is 27.8. The standard InChI is InChI=1S/C31H38N2O5/c1-20-5-7-21(8-6-20)25-18-23(30(2,3)32)19-29(33-25)31(4,36)14-13-26(35)22-9-12-27(38-24-10-11-24)28(17-22)37-16-15-34/h5-9,12,17-19,24,34,36H,10-11,13-16,32H2,1-4H3. The van der Waals surface area contributed by atoms with E-state index in [2.05, 4.69) is 0 Å². The molecule has 1 atom stereocenters. The number of benzene rings is 2. The molecule has 0 amide bonds. The highest BCUT2D eigenvalue weighted by molar-refractivity contribution is 5.96. The van der Waals surface area contributed by atoms with E-state index in [1.54, 1.807) is 25.1 Å². The monoisotopic (exact) mass is 518 g/mol. The second kappa shape index (κ2) is 11.2. The number of aliphatic hydroxyl groups excluding tert-OH is 1. The maximum Gasteiger partial charge on any atom is 0.163 e. The Balaban J connectivity index is 1.55. The fraction of sp³-hybridized carbons (Fsp3) is 0.419. The van der Waals surface area contributed by atoms with E-state index in [1.165, 1.54) is 0 Å². The highest BCUT2D eigenvalue weighted by atomic mass is 16.5. The highest BCUT2D eigenvalue weighted by Crippen LogP contribution is 2.36. The molecule has 1 heterocycles. The topological polar surface area (TPSA) is 115 Å². The molecule has 1 saturated carbocycles. The first-order valence-electron chi connectivity index (χ1n) is 13.2. The summed E-state index contributed by atoms with van der Waals surface area (Å²) in [7, 11) is 0. The van der Waals surface area contributed by atoms with Crippen LogP contribution in [0.4, 0.5) is 0 Å². The average Bonchev–Trinajstić information content (AvgIpc) is 3.70. The lowest BCUT2D eigenvalue weighted by molar-refractivity contribution is 0.0396. The molecule has 1 aliphatic rings. The van der Waals surface area contributed by atoms with Crippen LogP contribution in [0.15, 0.2) is 54.6 Å². The van der Waals surface area contributed by atoms with Crippen molar-refractivity contribution < 1.29 is 24.5 Å². The number of ketones is 1. The van der Waals surface area contributed by atoms with E-state index >= 15 is 0 Å². The van der Waals surface area contributed by atoms with E-state index in [-0.39, 0.29) is 37.9 Å². The molecule has 1 unspecified atom stereocenters. The second-order valence-electron chi connectivity index (χ2n) is 11.0. The van der Waals surface area contributed by atoms with E-state index in [9.17, 15) is 15.0 Å². The van der Waals surface area contributed by atoms with Crippen molar-refractivity contribution in [3.05, 3.63) is 77.0 Å². The zero-order valence-electron chi connectivity index (χ0n) is 22.7. The van der Waals surface area contributed by atoms with Crippen molar-refractivity contribution in [2.45, 2.75) is 70.6 Å². The molecule has 1 aromatic heterocycles. The molecule has 4 rings (SSSR count). The van der Waals surface area contributed by atoms with E-state index < -0.39 is 11.1 Å². The molecule has 3 aromatic rings.